The van der Waals surface area contributed by atoms with E-state index in [9.17, 15) is 5.11 Å². The van der Waals surface area contributed by atoms with Gasteiger partial charge in [-0.2, -0.15) is 0 Å². The molecule has 1 aliphatic rings. The number of aryl methyl sites for hydroxylation is 1. The summed E-state index contributed by atoms with van der Waals surface area (Å²) < 4.78 is 12.5. The number of aliphatic hydroxyl groups excluding tert-OH is 1. The standard InChI is InChI=1S/C28H36N2O4Si/c1-19-15-21(23-9-7-8-10-24(23)29-19)17-32-22-13-11-20(12-14-22)25-16-28(18-31,34-30-25)26(27(2,3)4)33-35(5)6/h7-15,26,31,35H,16-18H2,1-6H3. The van der Waals surface area contributed by atoms with Gasteiger partial charge in [-0.3, -0.25) is 4.98 Å². The second-order valence-corrected chi connectivity index (χ2v) is 13.1. The van der Waals surface area contributed by atoms with Gasteiger partial charge in [0.2, 0.25) is 0 Å². The van der Waals surface area contributed by atoms with Crippen molar-refractivity contribution in [1.82, 2.24) is 4.98 Å². The molecule has 7 heteroatoms. The van der Waals surface area contributed by atoms with Gasteiger partial charge >= 0.3 is 0 Å². The van der Waals surface area contributed by atoms with Crippen molar-refractivity contribution < 1.29 is 19.1 Å². The summed E-state index contributed by atoms with van der Waals surface area (Å²) in [6, 6.07) is 18.1. The van der Waals surface area contributed by atoms with E-state index in [-0.39, 0.29) is 18.1 Å². The Labute approximate surface area is 209 Å². The van der Waals surface area contributed by atoms with Crippen LogP contribution in [0.15, 0.2) is 59.8 Å². The predicted octanol–water partition coefficient (Wildman–Crippen LogP) is 5.39. The van der Waals surface area contributed by atoms with Gasteiger partial charge in [-0.25, -0.2) is 0 Å². The number of fused-ring (bicyclic) bond motifs is 1. The Bertz CT molecular complexity index is 1200. The first kappa shape index (κ1) is 25.4. The minimum absolute atomic E-state index is 0.149. The van der Waals surface area contributed by atoms with Gasteiger partial charge in [0.05, 0.1) is 23.9 Å². The molecule has 1 N–H and O–H groups in total. The fraction of sp³-hybridized carbons (Fsp3) is 0.429. The number of benzene rings is 2. The highest BCUT2D eigenvalue weighted by atomic mass is 28.3. The van der Waals surface area contributed by atoms with Crippen LogP contribution in [0, 0.1) is 12.3 Å². The molecule has 0 saturated heterocycles. The molecule has 3 aromatic rings. The Hall–Kier alpha value is -2.74. The zero-order valence-corrected chi connectivity index (χ0v) is 22.7. The second-order valence-electron chi connectivity index (χ2n) is 10.7. The third kappa shape index (κ3) is 5.58. The van der Waals surface area contributed by atoms with E-state index in [1.807, 2.05) is 49.4 Å². The molecule has 0 amide bonds. The first-order valence-electron chi connectivity index (χ1n) is 12.2. The lowest BCUT2D eigenvalue weighted by Crippen LogP contribution is -2.55. The number of aromatic nitrogens is 1. The van der Waals surface area contributed by atoms with Gasteiger partial charge in [-0.05, 0) is 67.4 Å². The van der Waals surface area contributed by atoms with Crippen LogP contribution < -0.4 is 4.74 Å². The number of nitrogens with zero attached hydrogens (tertiary/aromatic N) is 2. The SMILES string of the molecule is Cc1cc(COc2ccc(C3=NOC(CO)(C(O[SiH](C)C)C(C)(C)C)C3)cc2)c2ccccc2n1. The van der Waals surface area contributed by atoms with Gasteiger partial charge < -0.3 is 19.1 Å². The zero-order chi connectivity index (χ0) is 25.2. The van der Waals surface area contributed by atoms with Gasteiger partial charge in [0.15, 0.2) is 14.6 Å². The molecule has 35 heavy (non-hydrogen) atoms. The van der Waals surface area contributed by atoms with Crippen molar-refractivity contribution in [1.29, 1.82) is 0 Å². The van der Waals surface area contributed by atoms with E-state index in [1.165, 1.54) is 0 Å². The topological polar surface area (TPSA) is 73.2 Å². The Kier molecular flexibility index (Phi) is 7.31. The van der Waals surface area contributed by atoms with E-state index in [0.717, 1.165) is 39.2 Å². The second kappa shape index (κ2) is 10.1. The van der Waals surface area contributed by atoms with E-state index >= 15 is 0 Å². The van der Waals surface area contributed by atoms with Crippen molar-refractivity contribution in [2.45, 2.75) is 65.5 Å². The number of para-hydroxylation sites is 1. The molecular formula is C28H36N2O4Si. The monoisotopic (exact) mass is 492 g/mol. The first-order valence-corrected chi connectivity index (χ1v) is 15.0. The maximum Gasteiger partial charge on any atom is 0.191 e. The summed E-state index contributed by atoms with van der Waals surface area (Å²) in [5.74, 6) is 0.780. The predicted molar refractivity (Wildman–Crippen MR) is 143 cm³/mol. The molecule has 0 aliphatic carbocycles. The van der Waals surface area contributed by atoms with Crippen LogP contribution in [0.4, 0.5) is 0 Å². The third-order valence-corrected chi connectivity index (χ3v) is 7.07. The molecule has 2 heterocycles. The molecule has 2 unspecified atom stereocenters. The Morgan fingerprint density at radius 1 is 1.11 bits per heavy atom. The third-order valence-electron chi connectivity index (χ3n) is 6.26. The lowest BCUT2D eigenvalue weighted by atomic mass is 9.76. The average molecular weight is 493 g/mol. The molecule has 0 bridgehead atoms. The molecule has 0 radical (unpaired) electrons. The van der Waals surface area contributed by atoms with Gasteiger partial charge in [0.1, 0.15) is 12.4 Å². The summed E-state index contributed by atoms with van der Waals surface area (Å²) >= 11 is 0. The highest BCUT2D eigenvalue weighted by Crippen LogP contribution is 2.40. The zero-order valence-electron chi connectivity index (χ0n) is 21.5. The molecule has 2 aromatic carbocycles. The highest BCUT2D eigenvalue weighted by Gasteiger charge is 2.52. The highest BCUT2D eigenvalue weighted by molar-refractivity contribution is 6.48. The molecule has 1 aromatic heterocycles. The quantitative estimate of drug-likeness (QED) is 0.427. The lowest BCUT2D eigenvalue weighted by molar-refractivity contribution is -0.153. The van der Waals surface area contributed by atoms with E-state index in [0.29, 0.717) is 13.0 Å². The van der Waals surface area contributed by atoms with Crippen molar-refractivity contribution >= 4 is 25.7 Å². The van der Waals surface area contributed by atoms with Crippen molar-refractivity contribution in [3.63, 3.8) is 0 Å². The van der Waals surface area contributed by atoms with Crippen molar-refractivity contribution in [3.05, 3.63) is 71.4 Å². The molecule has 2 atom stereocenters. The number of ether oxygens (including phenoxy) is 1. The van der Waals surface area contributed by atoms with Gasteiger partial charge in [-0.1, -0.05) is 44.1 Å². The van der Waals surface area contributed by atoms with E-state index in [4.69, 9.17) is 14.0 Å². The van der Waals surface area contributed by atoms with Crippen LogP contribution in [-0.4, -0.2) is 43.2 Å². The molecule has 6 nitrogen and oxygen atoms in total. The molecule has 1 aliphatic heterocycles. The summed E-state index contributed by atoms with van der Waals surface area (Å²) in [7, 11) is -1.36. The smallest absolute Gasteiger partial charge is 0.191 e. The first-order chi connectivity index (χ1) is 16.6. The summed E-state index contributed by atoms with van der Waals surface area (Å²) in [4.78, 5) is 10.5. The number of pyridine rings is 1. The summed E-state index contributed by atoms with van der Waals surface area (Å²) in [6.07, 6.45) is 0.240. The molecule has 4 rings (SSSR count). The maximum atomic E-state index is 10.4. The van der Waals surface area contributed by atoms with Gasteiger partial charge in [0, 0.05) is 23.1 Å². The van der Waals surface area contributed by atoms with Crippen LogP contribution in [0.1, 0.15) is 44.0 Å². The molecular weight excluding hydrogens is 456 g/mol. The summed E-state index contributed by atoms with van der Waals surface area (Å²) in [5.41, 5.74) is 3.75. The summed E-state index contributed by atoms with van der Waals surface area (Å²) in [5, 5.41) is 15.8. The van der Waals surface area contributed by atoms with Crippen LogP contribution in [-0.2, 0) is 15.9 Å². The van der Waals surface area contributed by atoms with Crippen molar-refractivity contribution in [3.8, 4) is 5.75 Å². The minimum Gasteiger partial charge on any atom is -0.489 e. The Balaban J connectivity index is 1.47. The molecule has 186 valence electrons. The number of hydrogen-bond acceptors (Lipinski definition) is 6. The summed E-state index contributed by atoms with van der Waals surface area (Å²) in [6.45, 7) is 12.9. The number of hydrogen-bond donors (Lipinski definition) is 1. The van der Waals surface area contributed by atoms with Crippen molar-refractivity contribution in [2.24, 2.45) is 10.6 Å². The van der Waals surface area contributed by atoms with Crippen LogP contribution in [0.5, 0.6) is 5.75 Å². The van der Waals surface area contributed by atoms with E-state index < -0.39 is 14.6 Å². The van der Waals surface area contributed by atoms with Crippen LogP contribution >= 0.6 is 0 Å². The van der Waals surface area contributed by atoms with Gasteiger partial charge in [-0.15, -0.1) is 0 Å². The molecule has 0 spiro atoms. The number of aliphatic hydroxyl groups is 1. The van der Waals surface area contributed by atoms with Crippen LogP contribution in [0.25, 0.3) is 10.9 Å². The number of oxime groups is 1. The van der Waals surface area contributed by atoms with Crippen molar-refractivity contribution in [2.75, 3.05) is 6.61 Å². The van der Waals surface area contributed by atoms with Crippen LogP contribution in [0.2, 0.25) is 13.1 Å². The minimum atomic E-state index is -1.36. The normalized spacial score (nSPS) is 19.0. The van der Waals surface area contributed by atoms with E-state index in [1.54, 1.807) is 0 Å². The molecule has 0 saturated carbocycles. The average Bonchev–Trinajstić information content (AvgIpc) is 3.26. The maximum absolute atomic E-state index is 10.4. The molecule has 0 fully saturated rings. The fourth-order valence-electron chi connectivity index (χ4n) is 4.77. The van der Waals surface area contributed by atoms with E-state index in [2.05, 4.69) is 56.1 Å². The lowest BCUT2D eigenvalue weighted by Gasteiger charge is -2.42. The number of rotatable bonds is 8. The Morgan fingerprint density at radius 3 is 2.49 bits per heavy atom. The van der Waals surface area contributed by atoms with Gasteiger partial charge in [0.25, 0.3) is 0 Å². The fourth-order valence-corrected chi connectivity index (χ4v) is 5.97. The largest absolute Gasteiger partial charge is 0.489 e. The van der Waals surface area contributed by atoms with Crippen LogP contribution in [0.3, 0.4) is 0 Å². The Morgan fingerprint density at radius 2 is 1.83 bits per heavy atom.